The molecule has 1 N–H and O–H groups in total. The van der Waals surface area contributed by atoms with Gasteiger partial charge in [-0.2, -0.15) is 0 Å². The normalized spacial score (nSPS) is 28.1. The first kappa shape index (κ1) is 12.2. The molecule has 3 heteroatoms. The second-order valence-corrected chi connectivity index (χ2v) is 5.10. The van der Waals surface area contributed by atoms with Crippen LogP contribution in [0.25, 0.3) is 0 Å². The van der Waals surface area contributed by atoms with Gasteiger partial charge < -0.3 is 5.11 Å². The van der Waals surface area contributed by atoms with Gasteiger partial charge >= 0.3 is 0 Å². The van der Waals surface area contributed by atoms with Crippen molar-refractivity contribution in [3.63, 3.8) is 0 Å². The minimum absolute atomic E-state index is 0.174. The highest BCUT2D eigenvalue weighted by Crippen LogP contribution is 2.40. The molecule has 3 unspecified atom stereocenters. The summed E-state index contributed by atoms with van der Waals surface area (Å²) in [5.74, 6) is 0.289. The molecular weight excluding hydrogens is 214 g/mol. The molecule has 0 bridgehead atoms. The SMILES string of the molecule is CCC1CC(=O)C(C(C)(O)c2ccccn2)C1. The van der Waals surface area contributed by atoms with Gasteiger partial charge in [0, 0.05) is 12.6 Å². The fourth-order valence-electron chi connectivity index (χ4n) is 2.67. The van der Waals surface area contributed by atoms with Gasteiger partial charge in [-0.25, -0.2) is 0 Å². The third-order valence-electron chi connectivity index (χ3n) is 3.89. The van der Waals surface area contributed by atoms with E-state index in [0.29, 0.717) is 18.0 Å². The fourth-order valence-corrected chi connectivity index (χ4v) is 2.67. The molecule has 0 spiro atoms. The summed E-state index contributed by atoms with van der Waals surface area (Å²) in [6.45, 7) is 3.80. The lowest BCUT2D eigenvalue weighted by Crippen LogP contribution is -2.35. The maximum absolute atomic E-state index is 12.0. The Labute approximate surface area is 102 Å². The molecule has 1 aliphatic carbocycles. The van der Waals surface area contributed by atoms with Crippen molar-refractivity contribution in [2.45, 2.75) is 38.7 Å². The van der Waals surface area contributed by atoms with Gasteiger partial charge in [-0.3, -0.25) is 9.78 Å². The summed E-state index contributed by atoms with van der Waals surface area (Å²) in [6, 6.07) is 5.44. The zero-order chi connectivity index (χ0) is 12.5. The van der Waals surface area contributed by atoms with Gasteiger partial charge in [0.25, 0.3) is 0 Å². The first-order valence-electron chi connectivity index (χ1n) is 6.22. The number of ketones is 1. The highest BCUT2D eigenvalue weighted by atomic mass is 16.3. The van der Waals surface area contributed by atoms with Crippen LogP contribution in [0.5, 0.6) is 0 Å². The number of carbonyl (C=O) groups excluding carboxylic acids is 1. The van der Waals surface area contributed by atoms with Crippen LogP contribution in [0.4, 0.5) is 0 Å². The lowest BCUT2D eigenvalue weighted by molar-refractivity contribution is -0.129. The summed E-state index contributed by atoms with van der Waals surface area (Å²) < 4.78 is 0. The second-order valence-electron chi connectivity index (χ2n) is 5.10. The number of aliphatic hydroxyl groups is 1. The monoisotopic (exact) mass is 233 g/mol. The molecule has 2 rings (SSSR count). The molecule has 0 aromatic carbocycles. The van der Waals surface area contributed by atoms with Crippen LogP contribution in [-0.4, -0.2) is 15.9 Å². The number of pyridine rings is 1. The van der Waals surface area contributed by atoms with Crippen molar-refractivity contribution in [1.82, 2.24) is 4.98 Å². The van der Waals surface area contributed by atoms with Crippen LogP contribution in [0.15, 0.2) is 24.4 Å². The largest absolute Gasteiger partial charge is 0.383 e. The molecule has 3 atom stereocenters. The van der Waals surface area contributed by atoms with Crippen molar-refractivity contribution in [2.24, 2.45) is 11.8 Å². The molecule has 1 heterocycles. The number of aromatic nitrogens is 1. The summed E-state index contributed by atoms with van der Waals surface area (Å²) in [5.41, 5.74) is -0.544. The van der Waals surface area contributed by atoms with Gasteiger partial charge in [0.05, 0.1) is 11.6 Å². The van der Waals surface area contributed by atoms with E-state index in [9.17, 15) is 9.90 Å². The minimum atomic E-state index is -1.14. The van der Waals surface area contributed by atoms with E-state index in [0.717, 1.165) is 12.8 Å². The molecule has 0 saturated heterocycles. The Morgan fingerprint density at radius 1 is 1.53 bits per heavy atom. The predicted molar refractivity (Wildman–Crippen MR) is 65.3 cm³/mol. The van der Waals surface area contributed by atoms with E-state index in [1.165, 1.54) is 0 Å². The van der Waals surface area contributed by atoms with Crippen LogP contribution in [0, 0.1) is 11.8 Å². The molecular formula is C14H19NO2. The molecule has 0 aliphatic heterocycles. The fraction of sp³-hybridized carbons (Fsp3) is 0.571. The third-order valence-corrected chi connectivity index (χ3v) is 3.89. The predicted octanol–water partition coefficient (Wildman–Crippen LogP) is 2.29. The number of rotatable bonds is 3. The van der Waals surface area contributed by atoms with Crippen LogP contribution < -0.4 is 0 Å². The minimum Gasteiger partial charge on any atom is -0.383 e. The average molecular weight is 233 g/mol. The topological polar surface area (TPSA) is 50.2 Å². The standard InChI is InChI=1S/C14H19NO2/c1-3-10-8-11(12(16)9-10)14(2,17)13-6-4-5-7-15-13/h4-7,10-11,17H,3,8-9H2,1-2H3. The van der Waals surface area contributed by atoms with Crippen molar-refractivity contribution >= 4 is 5.78 Å². The summed E-state index contributed by atoms with van der Waals surface area (Å²) in [4.78, 5) is 16.2. The van der Waals surface area contributed by atoms with Crippen molar-refractivity contribution in [3.8, 4) is 0 Å². The summed E-state index contributed by atoms with van der Waals surface area (Å²) in [6.07, 6.45) is 4.03. The Hall–Kier alpha value is -1.22. The smallest absolute Gasteiger partial charge is 0.139 e. The van der Waals surface area contributed by atoms with Gasteiger partial charge in [0.1, 0.15) is 11.4 Å². The molecule has 1 aromatic rings. The van der Waals surface area contributed by atoms with E-state index in [2.05, 4.69) is 11.9 Å². The molecule has 0 radical (unpaired) electrons. The summed E-state index contributed by atoms with van der Waals surface area (Å²) in [5, 5.41) is 10.6. The quantitative estimate of drug-likeness (QED) is 0.871. The maximum Gasteiger partial charge on any atom is 0.139 e. The van der Waals surface area contributed by atoms with E-state index in [-0.39, 0.29) is 11.7 Å². The lowest BCUT2D eigenvalue weighted by Gasteiger charge is -2.28. The molecule has 3 nitrogen and oxygen atoms in total. The molecule has 1 aliphatic rings. The summed E-state index contributed by atoms with van der Waals surface area (Å²) >= 11 is 0. The number of hydrogen-bond acceptors (Lipinski definition) is 3. The van der Waals surface area contributed by atoms with Gasteiger partial charge in [0.2, 0.25) is 0 Å². The molecule has 0 amide bonds. The Morgan fingerprint density at radius 2 is 2.29 bits per heavy atom. The highest BCUT2D eigenvalue weighted by molar-refractivity contribution is 5.84. The number of hydrogen-bond donors (Lipinski definition) is 1. The van der Waals surface area contributed by atoms with Crippen LogP contribution in [-0.2, 0) is 10.4 Å². The van der Waals surface area contributed by atoms with E-state index in [4.69, 9.17) is 0 Å². The molecule has 1 saturated carbocycles. The lowest BCUT2D eigenvalue weighted by atomic mass is 9.83. The van der Waals surface area contributed by atoms with E-state index in [1.54, 1.807) is 19.2 Å². The number of nitrogens with zero attached hydrogens (tertiary/aromatic N) is 1. The zero-order valence-electron chi connectivity index (χ0n) is 10.4. The van der Waals surface area contributed by atoms with Crippen LogP contribution in [0.3, 0.4) is 0 Å². The van der Waals surface area contributed by atoms with E-state index < -0.39 is 5.60 Å². The van der Waals surface area contributed by atoms with Gasteiger partial charge in [-0.15, -0.1) is 0 Å². The van der Waals surface area contributed by atoms with Crippen LogP contribution in [0.2, 0.25) is 0 Å². The van der Waals surface area contributed by atoms with Crippen LogP contribution in [0.1, 0.15) is 38.8 Å². The highest BCUT2D eigenvalue weighted by Gasteiger charge is 2.44. The molecule has 92 valence electrons. The Kier molecular flexibility index (Phi) is 3.29. The molecule has 1 aromatic heterocycles. The molecule has 17 heavy (non-hydrogen) atoms. The second kappa shape index (κ2) is 4.57. The van der Waals surface area contributed by atoms with Crippen molar-refractivity contribution < 1.29 is 9.90 Å². The average Bonchev–Trinajstić information content (AvgIpc) is 2.72. The van der Waals surface area contributed by atoms with E-state index in [1.807, 2.05) is 12.1 Å². The first-order chi connectivity index (χ1) is 8.05. The van der Waals surface area contributed by atoms with Crippen molar-refractivity contribution in [1.29, 1.82) is 0 Å². The number of Topliss-reactive ketones (excluding diaryl/α,β-unsaturated/α-hetero) is 1. The Balaban J connectivity index is 2.24. The Bertz CT molecular complexity index is 400. The number of carbonyl (C=O) groups is 1. The van der Waals surface area contributed by atoms with Crippen molar-refractivity contribution in [2.75, 3.05) is 0 Å². The maximum atomic E-state index is 12.0. The first-order valence-corrected chi connectivity index (χ1v) is 6.22. The van der Waals surface area contributed by atoms with E-state index >= 15 is 0 Å². The third kappa shape index (κ3) is 2.25. The van der Waals surface area contributed by atoms with Gasteiger partial charge in [-0.1, -0.05) is 19.4 Å². The molecule has 1 fully saturated rings. The van der Waals surface area contributed by atoms with Crippen LogP contribution >= 0.6 is 0 Å². The summed E-state index contributed by atoms with van der Waals surface area (Å²) in [7, 11) is 0. The van der Waals surface area contributed by atoms with Gasteiger partial charge in [-0.05, 0) is 31.4 Å². The van der Waals surface area contributed by atoms with Gasteiger partial charge in [0.15, 0.2) is 0 Å². The van der Waals surface area contributed by atoms with Crippen molar-refractivity contribution in [3.05, 3.63) is 30.1 Å². The zero-order valence-corrected chi connectivity index (χ0v) is 10.4. The Morgan fingerprint density at radius 3 is 2.82 bits per heavy atom.